The third-order valence-corrected chi connectivity index (χ3v) is 9.67. The number of amides is 2. The number of nitrogens with one attached hydrogen (secondary N) is 3. The summed E-state index contributed by atoms with van der Waals surface area (Å²) in [6, 6.07) is 25.9. The molecule has 14 heteroatoms. The molecule has 0 spiro atoms. The average Bonchev–Trinajstić information content (AvgIpc) is 3.54. The van der Waals surface area contributed by atoms with Gasteiger partial charge in [0.05, 0.1) is 37.4 Å². The number of piperazine rings is 1. The van der Waals surface area contributed by atoms with E-state index in [1.807, 2.05) is 59.5 Å². The molecule has 274 valence electrons. The number of hydroxylamine groups is 1. The largest absolute Gasteiger partial charge is 0.493 e. The molecular weight excluding hydrogens is 718 g/mol. The van der Waals surface area contributed by atoms with Gasteiger partial charge in [-0.3, -0.25) is 30.0 Å². The number of carbonyl (C=O) groups excluding carboxylic acids is 2. The maximum Gasteiger partial charge on any atom is 0.416 e. The van der Waals surface area contributed by atoms with Gasteiger partial charge in [0, 0.05) is 41.8 Å². The molecule has 2 fully saturated rings. The Labute approximate surface area is 309 Å². The highest BCUT2D eigenvalue weighted by atomic mass is 35.5. The molecule has 9 nitrogen and oxygen atoms in total. The Kier molecular flexibility index (Phi) is 11.7. The van der Waals surface area contributed by atoms with Gasteiger partial charge in [0.2, 0.25) is 0 Å². The third-order valence-electron chi connectivity index (χ3n) is 9.16. The van der Waals surface area contributed by atoms with Crippen LogP contribution in [-0.4, -0.2) is 60.9 Å². The predicted octanol–water partition coefficient (Wildman–Crippen LogP) is 6.63. The molecule has 2 saturated heterocycles. The normalized spacial score (nSPS) is 20.8. The molecule has 4 aromatic rings. The van der Waals surface area contributed by atoms with E-state index in [2.05, 4.69) is 16.1 Å². The van der Waals surface area contributed by atoms with E-state index in [9.17, 15) is 22.8 Å². The van der Waals surface area contributed by atoms with Gasteiger partial charge in [0.1, 0.15) is 5.75 Å². The van der Waals surface area contributed by atoms with Crippen molar-refractivity contribution in [1.82, 2.24) is 25.9 Å². The Morgan fingerprint density at radius 1 is 0.846 bits per heavy atom. The minimum absolute atomic E-state index is 0.0587. The van der Waals surface area contributed by atoms with Gasteiger partial charge in [0.25, 0.3) is 11.8 Å². The van der Waals surface area contributed by atoms with Crippen LogP contribution in [-0.2, 0) is 32.9 Å². The summed E-state index contributed by atoms with van der Waals surface area (Å²) in [6.45, 7) is 3.27. The molecule has 2 atom stereocenters. The van der Waals surface area contributed by atoms with Crippen molar-refractivity contribution in [2.45, 2.75) is 37.5 Å². The van der Waals surface area contributed by atoms with Crippen LogP contribution in [0.5, 0.6) is 5.75 Å². The molecule has 2 unspecified atom stereocenters. The lowest BCUT2D eigenvalue weighted by atomic mass is 9.94. The molecule has 0 saturated carbocycles. The van der Waals surface area contributed by atoms with Crippen LogP contribution in [0.2, 0.25) is 10.0 Å². The van der Waals surface area contributed by atoms with E-state index in [0.29, 0.717) is 23.1 Å². The quantitative estimate of drug-likeness (QED) is 0.148. The molecule has 0 aliphatic carbocycles. The van der Waals surface area contributed by atoms with E-state index in [-0.39, 0.29) is 50.1 Å². The lowest BCUT2D eigenvalue weighted by Gasteiger charge is -2.40. The lowest BCUT2D eigenvalue weighted by molar-refractivity contribution is -0.142. The zero-order valence-corrected chi connectivity index (χ0v) is 29.8. The summed E-state index contributed by atoms with van der Waals surface area (Å²) in [4.78, 5) is 36.6. The zero-order valence-electron chi connectivity index (χ0n) is 28.3. The van der Waals surface area contributed by atoms with Crippen LogP contribution in [0, 0.1) is 0 Å². The second kappa shape index (κ2) is 16.2. The summed E-state index contributed by atoms with van der Waals surface area (Å²) in [5.74, 6) is -0.809. The average molecular weight is 757 g/mol. The van der Waals surface area contributed by atoms with Crippen molar-refractivity contribution in [3.05, 3.63) is 135 Å². The van der Waals surface area contributed by atoms with Crippen molar-refractivity contribution in [3.8, 4) is 5.75 Å². The molecule has 2 heterocycles. The molecule has 52 heavy (non-hydrogen) atoms. The first kappa shape index (κ1) is 37.6. The first-order valence-electron chi connectivity index (χ1n) is 16.8. The Hall–Kier alpha value is -4.17. The second-order valence-electron chi connectivity index (χ2n) is 12.6. The Balaban J connectivity index is 1.29. The Morgan fingerprint density at radius 3 is 1.96 bits per heavy atom. The minimum atomic E-state index is -4.63. The van der Waals surface area contributed by atoms with Crippen LogP contribution in [0.4, 0.5) is 13.2 Å². The third kappa shape index (κ3) is 8.54. The van der Waals surface area contributed by atoms with Crippen LogP contribution in [0.1, 0.15) is 46.8 Å². The number of rotatable bonds is 11. The fraction of sp³-hybridized carbons (Fsp3) is 0.316. The van der Waals surface area contributed by atoms with E-state index in [1.165, 1.54) is 6.07 Å². The number of halogens is 5. The molecule has 0 bridgehead atoms. The maximum absolute atomic E-state index is 15.0. The summed E-state index contributed by atoms with van der Waals surface area (Å²) < 4.78 is 47.7. The molecule has 2 aliphatic rings. The number of nitrogens with zero attached hydrogens (tertiary/aromatic N) is 2. The summed E-state index contributed by atoms with van der Waals surface area (Å²) in [7, 11) is 0. The van der Waals surface area contributed by atoms with Gasteiger partial charge in [0.15, 0.2) is 5.66 Å². The van der Waals surface area contributed by atoms with E-state index in [4.69, 9.17) is 32.8 Å². The number of benzene rings is 4. The van der Waals surface area contributed by atoms with E-state index in [1.54, 1.807) is 36.1 Å². The topological polar surface area (TPSA) is 95.2 Å². The van der Waals surface area contributed by atoms with Crippen molar-refractivity contribution >= 4 is 35.0 Å². The molecule has 0 radical (unpaired) electrons. The van der Waals surface area contributed by atoms with Crippen molar-refractivity contribution in [3.63, 3.8) is 0 Å². The van der Waals surface area contributed by atoms with E-state index < -0.39 is 35.4 Å². The number of alkyl halides is 3. The smallest absolute Gasteiger partial charge is 0.416 e. The van der Waals surface area contributed by atoms with Crippen LogP contribution < -0.4 is 20.9 Å². The highest BCUT2D eigenvalue weighted by Gasteiger charge is 2.55. The number of ether oxygens (including phenoxy) is 1. The molecule has 6 rings (SSSR count). The molecular formula is C38H38Cl2F3N5O4. The summed E-state index contributed by atoms with van der Waals surface area (Å²) in [5, 5.41) is 8.09. The van der Waals surface area contributed by atoms with Crippen LogP contribution >= 0.6 is 23.2 Å². The Morgan fingerprint density at radius 2 is 1.42 bits per heavy atom. The van der Waals surface area contributed by atoms with Crippen LogP contribution in [0.25, 0.3) is 0 Å². The highest BCUT2D eigenvalue weighted by molar-refractivity contribution is 6.30. The minimum Gasteiger partial charge on any atom is -0.493 e. The fourth-order valence-corrected chi connectivity index (χ4v) is 6.85. The molecule has 0 aromatic heterocycles. The molecule has 4 aromatic carbocycles. The maximum atomic E-state index is 15.0. The van der Waals surface area contributed by atoms with Crippen molar-refractivity contribution in [2.75, 3.05) is 39.3 Å². The second-order valence-corrected chi connectivity index (χ2v) is 13.5. The van der Waals surface area contributed by atoms with Gasteiger partial charge in [-0.15, -0.1) is 0 Å². The molecule has 2 aliphatic heterocycles. The monoisotopic (exact) mass is 755 g/mol. The van der Waals surface area contributed by atoms with E-state index >= 15 is 0 Å². The van der Waals surface area contributed by atoms with Gasteiger partial charge in [-0.25, -0.2) is 5.48 Å². The first-order valence-corrected chi connectivity index (χ1v) is 17.6. The van der Waals surface area contributed by atoms with Gasteiger partial charge in [-0.05, 0) is 60.0 Å². The predicted molar refractivity (Wildman–Crippen MR) is 191 cm³/mol. The Bertz CT molecular complexity index is 1790. The van der Waals surface area contributed by atoms with Gasteiger partial charge in [-0.2, -0.15) is 13.2 Å². The molecule has 2 amide bonds. The first-order chi connectivity index (χ1) is 25.0. The van der Waals surface area contributed by atoms with Crippen molar-refractivity contribution in [1.29, 1.82) is 0 Å². The van der Waals surface area contributed by atoms with Crippen LogP contribution in [0.15, 0.2) is 97.1 Å². The van der Waals surface area contributed by atoms with Gasteiger partial charge >= 0.3 is 6.18 Å². The fourth-order valence-electron chi connectivity index (χ4n) is 6.60. The summed E-state index contributed by atoms with van der Waals surface area (Å²) >= 11 is 12.5. The lowest BCUT2D eigenvalue weighted by Crippen LogP contribution is -2.62. The zero-order chi connectivity index (χ0) is 36.9. The van der Waals surface area contributed by atoms with E-state index in [0.717, 1.165) is 28.8 Å². The standard InChI is InChI=1S/C38H38Cl2F3N5O4/c1-2-51-32-22-28(38(41,42)43)12-17-31(32)37(44-34(26-8-13-29(39)14-9-26)35(45-37)27-10-15-30(40)16-11-27)36(50)48-20-18-47(19-21-48)23-33(49)46-52-24-25-6-4-3-5-7-25/h3-17,22,34-35,44-45H,2,18-21,23-24H2,1H3,(H,46,49). The van der Waals surface area contributed by atoms with Crippen LogP contribution in [0.3, 0.4) is 0 Å². The van der Waals surface area contributed by atoms with Crippen molar-refractivity contribution < 1.29 is 32.3 Å². The number of carbonyl (C=O) groups is 2. The number of hydrogen-bond donors (Lipinski definition) is 3. The summed E-state index contributed by atoms with van der Waals surface area (Å²) in [5.41, 5.74) is 2.55. The number of hydrogen-bond acceptors (Lipinski definition) is 7. The SMILES string of the molecule is CCOc1cc(C(F)(F)F)ccc1C1(C(=O)N2CCN(CC(=O)NOCc3ccccc3)CC2)NC(c2ccc(Cl)cc2)C(c2ccc(Cl)cc2)N1. The van der Waals surface area contributed by atoms with Crippen molar-refractivity contribution in [2.24, 2.45) is 0 Å². The van der Waals surface area contributed by atoms with Gasteiger partial charge in [-0.1, -0.05) is 83.9 Å². The summed E-state index contributed by atoms with van der Waals surface area (Å²) in [6.07, 6.45) is -4.63. The molecule has 3 N–H and O–H groups in total. The highest BCUT2D eigenvalue weighted by Crippen LogP contribution is 2.46. The van der Waals surface area contributed by atoms with Gasteiger partial charge < -0.3 is 9.64 Å².